The molecule has 0 atom stereocenters. The van der Waals surface area contributed by atoms with E-state index in [2.05, 4.69) is 15.3 Å². The molecule has 2 aromatic heterocycles. The lowest BCUT2D eigenvalue weighted by Crippen LogP contribution is -2.11. The predicted octanol–water partition coefficient (Wildman–Crippen LogP) is 7.15. The zero-order valence-corrected chi connectivity index (χ0v) is 17.0. The summed E-state index contributed by atoms with van der Waals surface area (Å²) >= 11 is 1.28. The van der Waals surface area contributed by atoms with Crippen molar-refractivity contribution in [2.24, 2.45) is 0 Å². The summed E-state index contributed by atoms with van der Waals surface area (Å²) in [7, 11) is 1.52. The Morgan fingerprint density at radius 3 is 2.06 bits per heavy atom. The van der Waals surface area contributed by atoms with Crippen molar-refractivity contribution < 1.29 is 31.1 Å². The lowest BCUT2D eigenvalue weighted by molar-refractivity contribution is -0.143. The fourth-order valence-corrected chi connectivity index (χ4v) is 4.03. The number of benzene rings is 2. The molecule has 0 fully saturated rings. The van der Waals surface area contributed by atoms with Gasteiger partial charge < -0.3 is 10.1 Å². The van der Waals surface area contributed by atoms with Gasteiger partial charge >= 0.3 is 12.4 Å². The van der Waals surface area contributed by atoms with Crippen LogP contribution in [0, 0.1) is 0 Å². The van der Waals surface area contributed by atoms with Crippen LogP contribution in [0.1, 0.15) is 11.1 Å². The number of hydrogen-bond acceptors (Lipinski definition) is 5. The topological polar surface area (TPSA) is 47.0 Å². The average molecular weight is 469 g/mol. The summed E-state index contributed by atoms with van der Waals surface area (Å²) in [6.07, 6.45) is -8.71. The van der Waals surface area contributed by atoms with Gasteiger partial charge in [-0.05, 0) is 35.9 Å². The number of alkyl halides is 6. The van der Waals surface area contributed by atoms with Crippen molar-refractivity contribution in [1.29, 1.82) is 0 Å². The molecule has 32 heavy (non-hydrogen) atoms. The molecule has 0 aliphatic carbocycles. The molecule has 0 spiro atoms. The smallest absolute Gasteiger partial charge is 0.416 e. The number of hydrogen-bond donors (Lipinski definition) is 1. The summed E-state index contributed by atoms with van der Waals surface area (Å²) in [5.74, 6) is 0.723. The largest absolute Gasteiger partial charge is 0.497 e. The summed E-state index contributed by atoms with van der Waals surface area (Å²) in [6.45, 7) is 0. The van der Waals surface area contributed by atoms with E-state index in [1.165, 1.54) is 24.8 Å². The Bertz CT molecular complexity index is 1230. The molecular weight excluding hydrogens is 456 g/mol. The SMILES string of the molecule is COc1ccc(-c2csc3ncnc(Nc4cc(C(F)(F)F)cc(C(F)(F)F)c4)c23)cc1. The number of rotatable bonds is 4. The highest BCUT2D eigenvalue weighted by Gasteiger charge is 2.37. The molecule has 0 amide bonds. The van der Waals surface area contributed by atoms with Gasteiger partial charge in [-0.1, -0.05) is 12.1 Å². The van der Waals surface area contributed by atoms with Crippen molar-refractivity contribution in [1.82, 2.24) is 9.97 Å². The zero-order valence-electron chi connectivity index (χ0n) is 16.2. The van der Waals surface area contributed by atoms with E-state index < -0.39 is 23.5 Å². The number of thiophene rings is 1. The van der Waals surface area contributed by atoms with Crippen molar-refractivity contribution >= 4 is 33.1 Å². The highest BCUT2D eigenvalue weighted by Crippen LogP contribution is 2.41. The first-order valence-corrected chi connectivity index (χ1v) is 9.87. The van der Waals surface area contributed by atoms with Gasteiger partial charge in [-0.15, -0.1) is 11.3 Å². The molecule has 0 saturated heterocycles. The molecule has 4 rings (SSSR count). The van der Waals surface area contributed by atoms with Gasteiger partial charge in [0.2, 0.25) is 0 Å². The summed E-state index contributed by atoms with van der Waals surface area (Å²) in [4.78, 5) is 8.76. The Morgan fingerprint density at radius 2 is 1.50 bits per heavy atom. The van der Waals surface area contributed by atoms with E-state index in [1.807, 2.05) is 0 Å². The lowest BCUT2D eigenvalue weighted by Gasteiger charge is -2.15. The van der Waals surface area contributed by atoms with Crippen LogP contribution < -0.4 is 10.1 Å². The normalized spacial score (nSPS) is 12.2. The van der Waals surface area contributed by atoms with Gasteiger partial charge in [-0.2, -0.15) is 26.3 Å². The fraction of sp³-hybridized carbons (Fsp3) is 0.143. The fourth-order valence-electron chi connectivity index (χ4n) is 3.12. The van der Waals surface area contributed by atoms with E-state index in [-0.39, 0.29) is 17.6 Å². The average Bonchev–Trinajstić information content (AvgIpc) is 3.17. The van der Waals surface area contributed by atoms with E-state index in [0.717, 1.165) is 5.56 Å². The summed E-state index contributed by atoms with van der Waals surface area (Å²) in [6, 6.07) is 8.34. The maximum absolute atomic E-state index is 13.2. The van der Waals surface area contributed by atoms with Crippen LogP contribution in [0.15, 0.2) is 54.2 Å². The Balaban J connectivity index is 1.82. The highest BCUT2D eigenvalue weighted by molar-refractivity contribution is 7.17. The van der Waals surface area contributed by atoms with Crippen LogP contribution in [0.4, 0.5) is 37.8 Å². The van der Waals surface area contributed by atoms with Crippen molar-refractivity contribution in [2.75, 3.05) is 12.4 Å². The minimum atomic E-state index is -4.95. The number of fused-ring (bicyclic) bond motifs is 1. The van der Waals surface area contributed by atoms with Gasteiger partial charge in [0.1, 0.15) is 22.7 Å². The summed E-state index contributed by atoms with van der Waals surface area (Å²) < 4.78 is 84.3. The second kappa shape index (κ2) is 7.97. The monoisotopic (exact) mass is 469 g/mol. The Morgan fingerprint density at radius 1 is 0.875 bits per heavy atom. The van der Waals surface area contributed by atoms with Crippen LogP contribution >= 0.6 is 11.3 Å². The van der Waals surface area contributed by atoms with Crippen molar-refractivity contribution in [3.05, 3.63) is 65.3 Å². The minimum Gasteiger partial charge on any atom is -0.497 e. The molecule has 0 aliphatic rings. The van der Waals surface area contributed by atoms with Crippen LogP contribution in [0.3, 0.4) is 0 Å². The molecule has 2 aromatic carbocycles. The first-order valence-electron chi connectivity index (χ1n) is 8.99. The second-order valence-electron chi connectivity index (χ2n) is 6.70. The highest BCUT2D eigenvalue weighted by atomic mass is 32.1. The lowest BCUT2D eigenvalue weighted by atomic mass is 10.1. The van der Waals surface area contributed by atoms with Gasteiger partial charge in [0.25, 0.3) is 0 Å². The van der Waals surface area contributed by atoms with E-state index in [0.29, 0.717) is 33.7 Å². The predicted molar refractivity (Wildman–Crippen MR) is 109 cm³/mol. The van der Waals surface area contributed by atoms with Gasteiger partial charge in [0, 0.05) is 16.6 Å². The number of aromatic nitrogens is 2. The number of anilines is 2. The number of nitrogens with one attached hydrogen (secondary N) is 1. The maximum Gasteiger partial charge on any atom is 0.416 e. The molecular formula is C21H13F6N3OS. The third-order valence-corrected chi connectivity index (χ3v) is 5.51. The third kappa shape index (κ3) is 4.33. The summed E-state index contributed by atoms with van der Waals surface area (Å²) in [5.41, 5.74) is -1.78. The van der Waals surface area contributed by atoms with Crippen LogP contribution in [-0.2, 0) is 12.4 Å². The molecule has 11 heteroatoms. The molecule has 0 saturated carbocycles. The zero-order chi connectivity index (χ0) is 23.1. The molecule has 4 aromatic rings. The molecule has 2 heterocycles. The molecule has 0 bridgehead atoms. The van der Waals surface area contributed by atoms with Crippen molar-refractivity contribution in [3.63, 3.8) is 0 Å². The molecule has 1 N–H and O–H groups in total. The number of halogens is 6. The molecule has 4 nitrogen and oxygen atoms in total. The molecule has 0 unspecified atom stereocenters. The van der Waals surface area contributed by atoms with Crippen LogP contribution in [0.25, 0.3) is 21.3 Å². The Kier molecular flexibility index (Phi) is 5.45. The van der Waals surface area contributed by atoms with Crippen molar-refractivity contribution in [2.45, 2.75) is 12.4 Å². The Hall–Kier alpha value is -3.34. The van der Waals surface area contributed by atoms with Gasteiger partial charge in [0.05, 0.1) is 23.6 Å². The summed E-state index contributed by atoms with van der Waals surface area (Å²) in [5, 5.41) is 4.89. The Labute approximate surface area is 181 Å². The van der Waals surface area contributed by atoms with Crippen LogP contribution in [-0.4, -0.2) is 17.1 Å². The number of nitrogens with zero attached hydrogens (tertiary/aromatic N) is 2. The minimum absolute atomic E-state index is 0.0775. The maximum atomic E-state index is 13.2. The molecule has 0 radical (unpaired) electrons. The van der Waals surface area contributed by atoms with E-state index in [1.54, 1.807) is 29.6 Å². The van der Waals surface area contributed by atoms with Gasteiger partial charge in [0.15, 0.2) is 0 Å². The van der Waals surface area contributed by atoms with E-state index >= 15 is 0 Å². The van der Waals surface area contributed by atoms with Crippen LogP contribution in [0.2, 0.25) is 0 Å². The van der Waals surface area contributed by atoms with E-state index in [4.69, 9.17) is 4.74 Å². The molecule has 0 aliphatic heterocycles. The quantitative estimate of drug-likeness (QED) is 0.323. The third-order valence-electron chi connectivity index (χ3n) is 4.62. The van der Waals surface area contributed by atoms with Crippen molar-refractivity contribution in [3.8, 4) is 16.9 Å². The standard InChI is InChI=1S/C21H13F6N3OS/c1-31-15-4-2-11(3-5-15)16-9-32-19-17(16)18(28-10-29-19)30-14-7-12(20(22,23)24)6-13(8-14)21(25,26)27/h2-10H,1H3,(H,28,29,30). The van der Waals surface area contributed by atoms with Gasteiger partial charge in [-0.3, -0.25) is 0 Å². The second-order valence-corrected chi connectivity index (χ2v) is 7.56. The molecule has 166 valence electrons. The van der Waals surface area contributed by atoms with Gasteiger partial charge in [-0.25, -0.2) is 9.97 Å². The number of methoxy groups -OCH3 is 1. The first-order chi connectivity index (χ1) is 15.1. The van der Waals surface area contributed by atoms with E-state index in [9.17, 15) is 26.3 Å². The first kappa shape index (κ1) is 21.9. The van der Waals surface area contributed by atoms with Crippen LogP contribution in [0.5, 0.6) is 5.75 Å². The number of ether oxygens (including phenoxy) is 1.